The van der Waals surface area contributed by atoms with Gasteiger partial charge in [0.05, 0.1) is 11.5 Å². The zero-order valence-corrected chi connectivity index (χ0v) is 15.5. The first-order valence-electron chi connectivity index (χ1n) is 8.59. The van der Waals surface area contributed by atoms with Crippen molar-refractivity contribution in [3.63, 3.8) is 0 Å². The molecule has 0 saturated carbocycles. The summed E-state index contributed by atoms with van der Waals surface area (Å²) in [4.78, 5) is 0.189. The summed E-state index contributed by atoms with van der Waals surface area (Å²) in [7, 11) is -3.77. The van der Waals surface area contributed by atoms with Gasteiger partial charge in [0, 0.05) is 5.92 Å². The van der Waals surface area contributed by atoms with Crippen LogP contribution < -0.4 is 0 Å². The quantitative estimate of drug-likeness (QED) is 0.568. The smallest absolute Gasteiger partial charge is 0.266 e. The summed E-state index contributed by atoms with van der Waals surface area (Å²) >= 11 is 0. The Hall–Kier alpha value is -2.43. The van der Waals surface area contributed by atoms with Crippen LogP contribution in [0.15, 0.2) is 89.8 Å². The lowest BCUT2D eigenvalue weighted by Gasteiger charge is -2.18. The Morgan fingerprint density at radius 1 is 0.808 bits per heavy atom. The van der Waals surface area contributed by atoms with Gasteiger partial charge in [0.2, 0.25) is 0 Å². The van der Waals surface area contributed by atoms with E-state index in [1.807, 2.05) is 67.6 Å². The molecule has 0 fully saturated rings. The number of aryl methyl sites for hydroxylation is 1. The zero-order valence-electron chi connectivity index (χ0n) is 14.7. The molecular formula is C22H22O3S. The molecule has 0 saturated heterocycles. The van der Waals surface area contributed by atoms with Gasteiger partial charge in [-0.05, 0) is 36.6 Å². The van der Waals surface area contributed by atoms with Crippen molar-refractivity contribution in [2.75, 3.05) is 6.61 Å². The Balaban J connectivity index is 1.78. The van der Waals surface area contributed by atoms with E-state index in [0.717, 1.165) is 16.7 Å². The molecule has 3 aromatic rings. The molecular weight excluding hydrogens is 344 g/mol. The van der Waals surface area contributed by atoms with Crippen molar-refractivity contribution in [1.29, 1.82) is 0 Å². The summed E-state index contributed by atoms with van der Waals surface area (Å²) in [5, 5.41) is 0. The van der Waals surface area contributed by atoms with Gasteiger partial charge in [0.25, 0.3) is 10.1 Å². The van der Waals surface area contributed by atoms with E-state index in [1.165, 1.54) is 0 Å². The van der Waals surface area contributed by atoms with Crippen LogP contribution in [0.3, 0.4) is 0 Å². The molecule has 0 aliphatic carbocycles. The van der Waals surface area contributed by atoms with Gasteiger partial charge in [-0.15, -0.1) is 0 Å². The SMILES string of the molecule is Cc1ccc(S(=O)(=O)OCC(Cc2ccccc2)c2ccccc2)cc1. The van der Waals surface area contributed by atoms with E-state index in [1.54, 1.807) is 24.3 Å². The molecule has 0 aliphatic heterocycles. The fraction of sp³-hybridized carbons (Fsp3) is 0.182. The van der Waals surface area contributed by atoms with Crippen molar-refractivity contribution in [3.05, 3.63) is 102 Å². The second-order valence-electron chi connectivity index (χ2n) is 6.35. The molecule has 3 nitrogen and oxygen atoms in total. The number of hydrogen-bond donors (Lipinski definition) is 0. The minimum Gasteiger partial charge on any atom is -0.266 e. The van der Waals surface area contributed by atoms with E-state index in [2.05, 4.69) is 0 Å². The van der Waals surface area contributed by atoms with Crippen molar-refractivity contribution in [3.8, 4) is 0 Å². The predicted molar refractivity (Wildman–Crippen MR) is 104 cm³/mol. The summed E-state index contributed by atoms with van der Waals surface area (Å²) in [6.07, 6.45) is 0.717. The summed E-state index contributed by atoms with van der Waals surface area (Å²) in [5.41, 5.74) is 3.23. The maximum atomic E-state index is 12.5. The van der Waals surface area contributed by atoms with Gasteiger partial charge in [0.15, 0.2) is 0 Å². The van der Waals surface area contributed by atoms with Crippen LogP contribution in [0.2, 0.25) is 0 Å². The fourth-order valence-electron chi connectivity index (χ4n) is 2.84. The highest BCUT2D eigenvalue weighted by Crippen LogP contribution is 2.23. The topological polar surface area (TPSA) is 43.4 Å². The lowest BCUT2D eigenvalue weighted by Crippen LogP contribution is -2.15. The highest BCUT2D eigenvalue weighted by Gasteiger charge is 2.20. The van der Waals surface area contributed by atoms with E-state index >= 15 is 0 Å². The first kappa shape index (κ1) is 18.4. The number of rotatable bonds is 7. The molecule has 0 N–H and O–H groups in total. The van der Waals surface area contributed by atoms with Crippen molar-refractivity contribution >= 4 is 10.1 Å². The van der Waals surface area contributed by atoms with Crippen LogP contribution in [0.5, 0.6) is 0 Å². The molecule has 1 unspecified atom stereocenters. The minimum atomic E-state index is -3.77. The van der Waals surface area contributed by atoms with Crippen LogP contribution in [0.1, 0.15) is 22.6 Å². The van der Waals surface area contributed by atoms with Crippen LogP contribution in [-0.2, 0) is 20.7 Å². The summed E-state index contributed by atoms with van der Waals surface area (Å²) < 4.78 is 30.4. The molecule has 3 rings (SSSR count). The molecule has 3 aromatic carbocycles. The Morgan fingerprint density at radius 2 is 1.38 bits per heavy atom. The van der Waals surface area contributed by atoms with Crippen LogP contribution >= 0.6 is 0 Å². The molecule has 0 aliphatic rings. The van der Waals surface area contributed by atoms with Crippen molar-refractivity contribution < 1.29 is 12.6 Å². The standard InChI is InChI=1S/C22H22O3S/c1-18-12-14-22(15-13-18)26(23,24)25-17-21(20-10-6-3-7-11-20)16-19-8-4-2-5-9-19/h2-15,21H,16-17H2,1H3. The molecule has 26 heavy (non-hydrogen) atoms. The average Bonchev–Trinajstić information content (AvgIpc) is 2.67. The third kappa shape index (κ3) is 4.81. The molecule has 134 valence electrons. The highest BCUT2D eigenvalue weighted by atomic mass is 32.2. The highest BCUT2D eigenvalue weighted by molar-refractivity contribution is 7.86. The van der Waals surface area contributed by atoms with E-state index in [9.17, 15) is 8.42 Å². The summed E-state index contributed by atoms with van der Waals surface area (Å²) in [5.74, 6) is -0.0428. The summed E-state index contributed by atoms with van der Waals surface area (Å²) in [6, 6.07) is 26.6. The fourth-order valence-corrected chi connectivity index (χ4v) is 3.79. The van der Waals surface area contributed by atoms with E-state index in [4.69, 9.17) is 4.18 Å². The normalized spacial score (nSPS) is 12.7. The first-order chi connectivity index (χ1) is 12.5. The molecule has 0 spiro atoms. The Labute approximate surface area is 155 Å². The largest absolute Gasteiger partial charge is 0.296 e. The Morgan fingerprint density at radius 3 is 2.00 bits per heavy atom. The van der Waals surface area contributed by atoms with E-state index in [0.29, 0.717) is 6.42 Å². The van der Waals surface area contributed by atoms with Gasteiger partial charge in [0.1, 0.15) is 0 Å². The lowest BCUT2D eigenvalue weighted by molar-refractivity contribution is 0.290. The Bertz CT molecular complexity index is 918. The monoisotopic (exact) mass is 366 g/mol. The molecule has 0 heterocycles. The van der Waals surface area contributed by atoms with Gasteiger partial charge in [-0.25, -0.2) is 0 Å². The minimum absolute atomic E-state index is 0.0428. The van der Waals surface area contributed by atoms with E-state index < -0.39 is 10.1 Å². The van der Waals surface area contributed by atoms with Crippen LogP contribution in [0.4, 0.5) is 0 Å². The van der Waals surface area contributed by atoms with E-state index in [-0.39, 0.29) is 17.4 Å². The first-order valence-corrected chi connectivity index (χ1v) is 10.0. The maximum Gasteiger partial charge on any atom is 0.296 e. The van der Waals surface area contributed by atoms with Gasteiger partial charge < -0.3 is 0 Å². The third-order valence-corrected chi connectivity index (χ3v) is 5.63. The van der Waals surface area contributed by atoms with Crippen molar-refractivity contribution in [1.82, 2.24) is 0 Å². The molecule has 4 heteroatoms. The van der Waals surface area contributed by atoms with Gasteiger partial charge >= 0.3 is 0 Å². The molecule has 0 aromatic heterocycles. The molecule has 1 atom stereocenters. The Kier molecular flexibility index (Phi) is 5.86. The van der Waals surface area contributed by atoms with Crippen LogP contribution in [0.25, 0.3) is 0 Å². The van der Waals surface area contributed by atoms with Crippen LogP contribution in [0, 0.1) is 6.92 Å². The van der Waals surface area contributed by atoms with Crippen LogP contribution in [-0.4, -0.2) is 15.0 Å². The molecule has 0 amide bonds. The lowest BCUT2D eigenvalue weighted by atomic mass is 9.93. The number of hydrogen-bond acceptors (Lipinski definition) is 3. The van der Waals surface area contributed by atoms with Gasteiger partial charge in [-0.3, -0.25) is 4.18 Å². The van der Waals surface area contributed by atoms with Crippen molar-refractivity contribution in [2.24, 2.45) is 0 Å². The number of benzene rings is 3. The predicted octanol–water partition coefficient (Wildman–Crippen LogP) is 4.73. The molecule has 0 radical (unpaired) electrons. The zero-order chi connectivity index (χ0) is 18.4. The van der Waals surface area contributed by atoms with Crippen molar-refractivity contribution in [2.45, 2.75) is 24.2 Å². The van der Waals surface area contributed by atoms with Gasteiger partial charge in [-0.1, -0.05) is 78.4 Å². The maximum absolute atomic E-state index is 12.5. The average molecular weight is 366 g/mol. The second-order valence-corrected chi connectivity index (χ2v) is 7.96. The second kappa shape index (κ2) is 8.30. The molecule has 0 bridgehead atoms. The third-order valence-electron chi connectivity index (χ3n) is 4.33. The summed E-state index contributed by atoms with van der Waals surface area (Å²) in [6.45, 7) is 2.03. The van der Waals surface area contributed by atoms with Gasteiger partial charge in [-0.2, -0.15) is 8.42 Å².